The Morgan fingerprint density at radius 2 is 2.33 bits per heavy atom. The summed E-state index contributed by atoms with van der Waals surface area (Å²) in [5, 5.41) is 10.8. The molecule has 0 fully saturated rings. The SMILES string of the molecule is CC(C)c1nc(-c2cccs2)c(CCC(=O)O)[nH]1. The van der Waals surface area contributed by atoms with Gasteiger partial charge in [-0.25, -0.2) is 4.98 Å². The van der Waals surface area contributed by atoms with Crippen LogP contribution in [0.4, 0.5) is 0 Å². The Bertz CT molecular complexity index is 529. The van der Waals surface area contributed by atoms with E-state index in [1.165, 1.54) is 0 Å². The quantitative estimate of drug-likeness (QED) is 0.871. The van der Waals surface area contributed by atoms with Gasteiger partial charge in [0.2, 0.25) is 0 Å². The van der Waals surface area contributed by atoms with Crippen LogP contribution in [0.1, 0.15) is 37.7 Å². The summed E-state index contributed by atoms with van der Waals surface area (Å²) in [6.45, 7) is 4.13. The van der Waals surface area contributed by atoms with Crippen molar-refractivity contribution in [1.82, 2.24) is 9.97 Å². The minimum atomic E-state index is -0.784. The van der Waals surface area contributed by atoms with Gasteiger partial charge < -0.3 is 10.1 Å². The van der Waals surface area contributed by atoms with Crippen LogP contribution < -0.4 is 0 Å². The first kappa shape index (κ1) is 12.8. The number of aromatic amines is 1. The molecule has 0 radical (unpaired) electrons. The molecule has 2 N–H and O–H groups in total. The van der Waals surface area contributed by atoms with Crippen molar-refractivity contribution in [1.29, 1.82) is 0 Å². The molecule has 5 heteroatoms. The van der Waals surface area contributed by atoms with Crippen molar-refractivity contribution in [3.63, 3.8) is 0 Å². The fourth-order valence-electron chi connectivity index (χ4n) is 1.73. The fourth-order valence-corrected chi connectivity index (χ4v) is 2.47. The Kier molecular flexibility index (Phi) is 3.81. The average Bonchev–Trinajstić information content (AvgIpc) is 2.95. The average molecular weight is 264 g/mol. The minimum absolute atomic E-state index is 0.123. The molecular formula is C13H16N2O2S. The second-order valence-electron chi connectivity index (χ2n) is 4.47. The van der Waals surface area contributed by atoms with Gasteiger partial charge >= 0.3 is 5.97 Å². The lowest BCUT2D eigenvalue weighted by Gasteiger charge is -1.98. The third kappa shape index (κ3) is 2.79. The van der Waals surface area contributed by atoms with Gasteiger partial charge in [0, 0.05) is 18.0 Å². The van der Waals surface area contributed by atoms with Crippen molar-refractivity contribution in [2.75, 3.05) is 0 Å². The van der Waals surface area contributed by atoms with Crippen molar-refractivity contribution in [3.05, 3.63) is 29.0 Å². The number of imidazole rings is 1. The van der Waals surface area contributed by atoms with E-state index in [4.69, 9.17) is 5.11 Å². The van der Waals surface area contributed by atoms with E-state index in [9.17, 15) is 4.79 Å². The summed E-state index contributed by atoms with van der Waals surface area (Å²) in [6.07, 6.45) is 0.611. The zero-order chi connectivity index (χ0) is 13.1. The molecule has 2 aromatic heterocycles. The Hall–Kier alpha value is -1.62. The number of carboxylic acid groups (broad SMARTS) is 1. The highest BCUT2D eigenvalue weighted by molar-refractivity contribution is 7.13. The van der Waals surface area contributed by atoms with E-state index in [0.29, 0.717) is 12.3 Å². The molecular weight excluding hydrogens is 248 g/mol. The summed E-state index contributed by atoms with van der Waals surface area (Å²) in [5.74, 6) is 0.439. The molecule has 96 valence electrons. The standard InChI is InChI=1S/C13H16N2O2S/c1-8(2)13-14-9(5-6-11(16)17)12(15-13)10-4-3-7-18-10/h3-4,7-8H,5-6H2,1-2H3,(H,14,15)(H,16,17). The highest BCUT2D eigenvalue weighted by Gasteiger charge is 2.15. The molecule has 0 unspecified atom stereocenters. The molecule has 0 bridgehead atoms. The van der Waals surface area contributed by atoms with Crippen LogP contribution in [0.25, 0.3) is 10.6 Å². The van der Waals surface area contributed by atoms with Crippen LogP contribution in [0, 0.1) is 0 Å². The molecule has 2 heterocycles. The van der Waals surface area contributed by atoms with Gasteiger partial charge in [0.1, 0.15) is 11.5 Å². The van der Waals surface area contributed by atoms with Crippen molar-refractivity contribution in [2.45, 2.75) is 32.6 Å². The van der Waals surface area contributed by atoms with Crippen LogP contribution in [0.2, 0.25) is 0 Å². The van der Waals surface area contributed by atoms with Crippen LogP contribution >= 0.6 is 11.3 Å². The molecule has 18 heavy (non-hydrogen) atoms. The molecule has 2 aromatic rings. The van der Waals surface area contributed by atoms with Crippen LogP contribution in [0.3, 0.4) is 0 Å². The number of aliphatic carboxylic acids is 1. The Balaban J connectivity index is 2.33. The van der Waals surface area contributed by atoms with E-state index >= 15 is 0 Å². The summed E-state index contributed by atoms with van der Waals surface area (Å²) in [6, 6.07) is 3.99. The van der Waals surface area contributed by atoms with E-state index in [1.54, 1.807) is 11.3 Å². The van der Waals surface area contributed by atoms with E-state index in [-0.39, 0.29) is 6.42 Å². The Morgan fingerprint density at radius 1 is 1.56 bits per heavy atom. The molecule has 0 saturated heterocycles. The van der Waals surface area contributed by atoms with E-state index in [1.807, 2.05) is 17.5 Å². The fraction of sp³-hybridized carbons (Fsp3) is 0.385. The predicted molar refractivity (Wildman–Crippen MR) is 71.9 cm³/mol. The van der Waals surface area contributed by atoms with Crippen LogP contribution in [-0.2, 0) is 11.2 Å². The highest BCUT2D eigenvalue weighted by atomic mass is 32.1. The maximum absolute atomic E-state index is 10.7. The summed E-state index contributed by atoms with van der Waals surface area (Å²) < 4.78 is 0. The molecule has 0 spiro atoms. The maximum atomic E-state index is 10.7. The third-order valence-electron chi connectivity index (χ3n) is 2.69. The number of nitrogens with zero attached hydrogens (tertiary/aromatic N) is 1. The van der Waals surface area contributed by atoms with Gasteiger partial charge in [-0.3, -0.25) is 4.79 Å². The number of aryl methyl sites for hydroxylation is 1. The lowest BCUT2D eigenvalue weighted by Crippen LogP contribution is -1.99. The van der Waals surface area contributed by atoms with Gasteiger partial charge in [0.15, 0.2) is 0 Å². The largest absolute Gasteiger partial charge is 0.481 e. The first-order valence-corrected chi connectivity index (χ1v) is 6.80. The van der Waals surface area contributed by atoms with Crippen molar-refractivity contribution >= 4 is 17.3 Å². The predicted octanol–water partition coefficient (Wildman–Crippen LogP) is 3.28. The summed E-state index contributed by atoms with van der Waals surface area (Å²) in [5.41, 5.74) is 1.82. The zero-order valence-electron chi connectivity index (χ0n) is 10.4. The molecule has 0 aromatic carbocycles. The molecule has 2 rings (SSSR count). The Labute approximate surface area is 110 Å². The van der Waals surface area contributed by atoms with Crippen LogP contribution in [0.15, 0.2) is 17.5 Å². The van der Waals surface area contributed by atoms with Gasteiger partial charge in [-0.15, -0.1) is 11.3 Å². The number of aromatic nitrogens is 2. The van der Waals surface area contributed by atoms with Gasteiger partial charge in [-0.1, -0.05) is 19.9 Å². The summed E-state index contributed by atoms with van der Waals surface area (Å²) in [4.78, 5) is 19.6. The van der Waals surface area contributed by atoms with Crippen LogP contribution in [0.5, 0.6) is 0 Å². The topological polar surface area (TPSA) is 66.0 Å². The smallest absolute Gasteiger partial charge is 0.303 e. The van der Waals surface area contributed by atoms with Gasteiger partial charge in [-0.2, -0.15) is 0 Å². The maximum Gasteiger partial charge on any atom is 0.303 e. The molecule has 4 nitrogen and oxygen atoms in total. The zero-order valence-corrected chi connectivity index (χ0v) is 11.3. The van der Waals surface area contributed by atoms with Crippen molar-refractivity contribution in [3.8, 4) is 10.6 Å². The number of nitrogens with one attached hydrogen (secondary N) is 1. The Morgan fingerprint density at radius 3 is 2.89 bits per heavy atom. The third-order valence-corrected chi connectivity index (χ3v) is 3.56. The number of hydrogen-bond acceptors (Lipinski definition) is 3. The first-order chi connectivity index (χ1) is 8.58. The van der Waals surface area contributed by atoms with E-state index in [2.05, 4.69) is 23.8 Å². The monoisotopic (exact) mass is 264 g/mol. The molecule has 0 atom stereocenters. The molecule has 0 aliphatic rings. The second-order valence-corrected chi connectivity index (χ2v) is 5.42. The molecule has 0 saturated carbocycles. The molecule has 0 amide bonds. The lowest BCUT2D eigenvalue weighted by molar-refractivity contribution is -0.136. The van der Waals surface area contributed by atoms with Crippen molar-refractivity contribution in [2.24, 2.45) is 0 Å². The number of thiophene rings is 1. The number of rotatable bonds is 5. The number of hydrogen-bond donors (Lipinski definition) is 2. The second kappa shape index (κ2) is 5.35. The first-order valence-electron chi connectivity index (χ1n) is 5.92. The van der Waals surface area contributed by atoms with Crippen molar-refractivity contribution < 1.29 is 9.90 Å². The molecule has 0 aliphatic carbocycles. The van der Waals surface area contributed by atoms with Crippen LogP contribution in [-0.4, -0.2) is 21.0 Å². The number of carbonyl (C=O) groups is 1. The van der Waals surface area contributed by atoms with Gasteiger partial charge in [0.05, 0.1) is 11.3 Å². The van der Waals surface area contributed by atoms with E-state index in [0.717, 1.165) is 22.1 Å². The minimum Gasteiger partial charge on any atom is -0.481 e. The van der Waals surface area contributed by atoms with E-state index < -0.39 is 5.97 Å². The number of carboxylic acids is 1. The number of H-pyrrole nitrogens is 1. The summed E-state index contributed by atoms with van der Waals surface area (Å²) >= 11 is 1.62. The molecule has 0 aliphatic heterocycles. The highest BCUT2D eigenvalue weighted by Crippen LogP contribution is 2.28. The lowest BCUT2D eigenvalue weighted by atomic mass is 10.2. The summed E-state index contributed by atoms with van der Waals surface area (Å²) in [7, 11) is 0. The normalized spacial score (nSPS) is 11.1. The van der Waals surface area contributed by atoms with Gasteiger partial charge in [0.25, 0.3) is 0 Å². The van der Waals surface area contributed by atoms with Gasteiger partial charge in [-0.05, 0) is 11.4 Å².